The molecule has 2 fully saturated rings. The molecule has 2 unspecified atom stereocenters. The number of fused-ring (bicyclic) bond motifs is 1. The molecule has 0 bridgehead atoms. The Hall–Kier alpha value is -1.58. The fourth-order valence-corrected chi connectivity index (χ4v) is 5.00. The zero-order valence-corrected chi connectivity index (χ0v) is 13.7. The highest BCUT2D eigenvalue weighted by Crippen LogP contribution is 2.63. The Morgan fingerprint density at radius 2 is 1.48 bits per heavy atom. The Balaban J connectivity index is 1.89. The predicted molar refractivity (Wildman–Crippen MR) is 93.9 cm³/mol. The van der Waals surface area contributed by atoms with Crippen molar-refractivity contribution in [2.45, 2.75) is 37.4 Å². The molecule has 1 aliphatic heterocycles. The van der Waals surface area contributed by atoms with Gasteiger partial charge in [-0.25, -0.2) is 0 Å². The van der Waals surface area contributed by atoms with Crippen LogP contribution in [0.4, 0.5) is 0 Å². The number of hydrogen-bond donors (Lipinski definition) is 0. The van der Waals surface area contributed by atoms with E-state index in [0.717, 1.165) is 25.9 Å². The zero-order chi connectivity index (χ0) is 15.8. The van der Waals surface area contributed by atoms with Crippen molar-refractivity contribution in [1.29, 1.82) is 0 Å². The molecule has 1 heterocycles. The third-order valence-corrected chi connectivity index (χ3v) is 5.92. The van der Waals surface area contributed by atoms with Gasteiger partial charge in [0.15, 0.2) is 5.79 Å². The molecule has 4 rings (SSSR count). The maximum Gasteiger partial charge on any atom is 0.261 e. The Morgan fingerprint density at radius 3 is 2.04 bits per heavy atom. The summed E-state index contributed by atoms with van der Waals surface area (Å²) < 4.78 is 12.2. The molecular formula is C20H23BO2. The zero-order valence-electron chi connectivity index (χ0n) is 13.7. The third-order valence-electron chi connectivity index (χ3n) is 5.92. The van der Waals surface area contributed by atoms with E-state index in [9.17, 15) is 0 Å². The first-order valence-corrected chi connectivity index (χ1v) is 8.60. The van der Waals surface area contributed by atoms with Crippen molar-refractivity contribution in [1.82, 2.24) is 0 Å². The first-order chi connectivity index (χ1) is 11.3. The molecule has 0 N–H and O–H groups in total. The number of benzene rings is 2. The van der Waals surface area contributed by atoms with Crippen molar-refractivity contribution < 1.29 is 9.39 Å². The van der Waals surface area contributed by atoms with Gasteiger partial charge >= 0.3 is 0 Å². The number of ether oxygens (including phenoxy) is 1. The lowest BCUT2D eigenvalue weighted by Crippen LogP contribution is -2.46. The van der Waals surface area contributed by atoms with Crippen LogP contribution in [-0.4, -0.2) is 20.4 Å². The SMILES string of the molecule is BOC12CCCC1(C(c1ccccc1)c1ccccc1)CCO2. The highest BCUT2D eigenvalue weighted by molar-refractivity contribution is 5.98. The maximum atomic E-state index is 6.22. The molecule has 3 heteroatoms. The van der Waals surface area contributed by atoms with Crippen LogP contribution in [0.2, 0.25) is 0 Å². The van der Waals surface area contributed by atoms with Crippen molar-refractivity contribution in [2.75, 3.05) is 6.61 Å². The van der Waals surface area contributed by atoms with Crippen molar-refractivity contribution in [3.05, 3.63) is 71.8 Å². The quantitative estimate of drug-likeness (QED) is 0.802. The fraction of sp³-hybridized carbons (Fsp3) is 0.400. The lowest BCUT2D eigenvalue weighted by molar-refractivity contribution is -0.193. The van der Waals surface area contributed by atoms with Crippen molar-refractivity contribution in [3.8, 4) is 0 Å². The summed E-state index contributed by atoms with van der Waals surface area (Å²) in [6.07, 6.45) is 4.40. The van der Waals surface area contributed by atoms with Gasteiger partial charge in [0.1, 0.15) is 0 Å². The molecule has 1 saturated heterocycles. The normalized spacial score (nSPS) is 29.8. The monoisotopic (exact) mass is 306 g/mol. The smallest absolute Gasteiger partial charge is 0.261 e. The van der Waals surface area contributed by atoms with E-state index in [1.54, 1.807) is 0 Å². The van der Waals surface area contributed by atoms with Crippen LogP contribution in [0.1, 0.15) is 42.7 Å². The van der Waals surface area contributed by atoms with E-state index in [4.69, 9.17) is 9.39 Å². The molecule has 0 amide bonds. The van der Waals surface area contributed by atoms with Gasteiger partial charge in [-0.2, -0.15) is 0 Å². The summed E-state index contributed by atoms with van der Waals surface area (Å²) in [6, 6.07) is 21.8. The van der Waals surface area contributed by atoms with Crippen molar-refractivity contribution >= 4 is 8.05 Å². The van der Waals surface area contributed by atoms with Crippen LogP contribution in [-0.2, 0) is 9.39 Å². The highest BCUT2D eigenvalue weighted by Gasteiger charge is 2.63. The van der Waals surface area contributed by atoms with Gasteiger partial charge < -0.3 is 9.39 Å². The molecule has 2 aliphatic rings. The topological polar surface area (TPSA) is 18.5 Å². The molecular weight excluding hydrogens is 283 g/mol. The van der Waals surface area contributed by atoms with E-state index in [1.807, 2.05) is 8.05 Å². The molecule has 2 aromatic rings. The van der Waals surface area contributed by atoms with E-state index >= 15 is 0 Å². The second-order valence-corrected chi connectivity index (χ2v) is 6.82. The molecule has 118 valence electrons. The van der Waals surface area contributed by atoms with E-state index in [1.165, 1.54) is 17.5 Å². The van der Waals surface area contributed by atoms with Crippen LogP contribution in [0.15, 0.2) is 60.7 Å². The van der Waals surface area contributed by atoms with E-state index < -0.39 is 5.79 Å². The molecule has 23 heavy (non-hydrogen) atoms. The average Bonchev–Trinajstić information content (AvgIpc) is 3.13. The first-order valence-electron chi connectivity index (χ1n) is 8.60. The van der Waals surface area contributed by atoms with Crippen molar-refractivity contribution in [2.24, 2.45) is 5.41 Å². The van der Waals surface area contributed by atoms with Crippen LogP contribution in [0.25, 0.3) is 0 Å². The molecule has 1 aliphatic carbocycles. The third kappa shape index (κ3) is 2.18. The van der Waals surface area contributed by atoms with Gasteiger partial charge in [-0.1, -0.05) is 60.7 Å². The van der Waals surface area contributed by atoms with Crippen LogP contribution in [0, 0.1) is 5.41 Å². The minimum Gasteiger partial charge on any atom is -0.418 e. The van der Waals surface area contributed by atoms with Crippen molar-refractivity contribution in [3.63, 3.8) is 0 Å². The molecule has 0 radical (unpaired) electrons. The van der Waals surface area contributed by atoms with E-state index in [0.29, 0.717) is 5.92 Å². The van der Waals surface area contributed by atoms with E-state index in [2.05, 4.69) is 60.7 Å². The van der Waals surface area contributed by atoms with Gasteiger partial charge in [-0.05, 0) is 30.4 Å². The van der Waals surface area contributed by atoms with E-state index in [-0.39, 0.29) is 5.41 Å². The molecule has 0 spiro atoms. The standard InChI is InChI=1S/C20H23BO2/c21-23-20-13-7-12-19(20,14-15-22-20)18(16-8-3-1-4-9-16)17-10-5-2-6-11-17/h1-6,8-11,18H,7,12-15,21H2. The van der Waals surface area contributed by atoms with Crippen LogP contribution in [0.5, 0.6) is 0 Å². The van der Waals surface area contributed by atoms with Crippen LogP contribution in [0.3, 0.4) is 0 Å². The molecule has 1 saturated carbocycles. The number of rotatable bonds is 4. The molecule has 2 atom stereocenters. The number of hydrogen-bond acceptors (Lipinski definition) is 2. The first kappa shape index (κ1) is 15.0. The Morgan fingerprint density at radius 1 is 0.870 bits per heavy atom. The highest BCUT2D eigenvalue weighted by atomic mass is 16.7. The Bertz CT molecular complexity index is 606. The summed E-state index contributed by atoms with van der Waals surface area (Å²) in [6.45, 7) is 0.796. The summed E-state index contributed by atoms with van der Waals surface area (Å²) in [5, 5.41) is 0. The summed E-state index contributed by atoms with van der Waals surface area (Å²) in [7, 11) is 1.82. The maximum absolute atomic E-state index is 6.22. The summed E-state index contributed by atoms with van der Waals surface area (Å²) >= 11 is 0. The minimum atomic E-state index is -0.427. The lowest BCUT2D eigenvalue weighted by atomic mass is 9.64. The summed E-state index contributed by atoms with van der Waals surface area (Å²) in [4.78, 5) is 0. The summed E-state index contributed by atoms with van der Waals surface area (Å²) in [5.41, 5.74) is 2.77. The molecule has 2 nitrogen and oxygen atoms in total. The van der Waals surface area contributed by atoms with Gasteiger partial charge in [0.25, 0.3) is 8.05 Å². The largest absolute Gasteiger partial charge is 0.418 e. The fourth-order valence-electron chi connectivity index (χ4n) is 5.00. The lowest BCUT2D eigenvalue weighted by Gasteiger charge is -2.44. The Labute approximate surface area is 139 Å². The average molecular weight is 306 g/mol. The second kappa shape index (κ2) is 5.81. The van der Waals surface area contributed by atoms with Crippen LogP contribution >= 0.6 is 0 Å². The minimum absolute atomic E-state index is 0.0322. The molecule has 0 aromatic heterocycles. The molecule has 2 aromatic carbocycles. The Kier molecular flexibility index (Phi) is 3.78. The second-order valence-electron chi connectivity index (χ2n) is 6.82. The van der Waals surface area contributed by atoms with Gasteiger partial charge in [0, 0.05) is 17.8 Å². The van der Waals surface area contributed by atoms with Gasteiger partial charge in [-0.3, -0.25) is 0 Å². The summed E-state index contributed by atoms with van der Waals surface area (Å²) in [5.74, 6) is -0.113. The predicted octanol–water partition coefficient (Wildman–Crippen LogP) is 3.67. The van der Waals surface area contributed by atoms with Crippen LogP contribution < -0.4 is 0 Å². The van der Waals surface area contributed by atoms with Gasteiger partial charge in [0.2, 0.25) is 0 Å². The van der Waals surface area contributed by atoms with Gasteiger partial charge in [-0.15, -0.1) is 0 Å². The van der Waals surface area contributed by atoms with Gasteiger partial charge in [0.05, 0.1) is 6.61 Å².